The standard InChI is InChI=1S/C34H31N5O6S3/c1-38-14-12-23(13-15-38)47-19-34(32(44)45-28(21-8-4-2-5-9-21)22-10-6-3-7-11-22)18-39-30(43)27(31(39)48-20-34)37-29(42)24(16-26(40)41)25-17-46-33(35)36-25/h2-17,27-28,31H,18-20H2,1H3,(H3-,35,36,37,40,41,42)/p+1/t27?,31-,34?/m1/s1. The fourth-order valence-electron chi connectivity index (χ4n) is 5.53. The number of rotatable bonds is 11. The summed E-state index contributed by atoms with van der Waals surface area (Å²) in [6.45, 7) is 0.0963. The molecule has 3 atom stereocenters. The van der Waals surface area contributed by atoms with Crippen LogP contribution in [0.15, 0.2) is 102 Å². The lowest BCUT2D eigenvalue weighted by atomic mass is 9.88. The number of pyridine rings is 1. The minimum atomic E-state index is -1.34. The summed E-state index contributed by atoms with van der Waals surface area (Å²) in [5.74, 6) is -2.20. The number of anilines is 1. The van der Waals surface area contributed by atoms with Crippen LogP contribution in [-0.4, -0.2) is 68.2 Å². The lowest BCUT2D eigenvalue weighted by Crippen LogP contribution is -2.74. The van der Waals surface area contributed by atoms with Crippen LogP contribution in [0.3, 0.4) is 0 Å². The normalized spacial score (nSPS) is 20.5. The number of hydrogen-bond acceptors (Lipinski definition) is 10. The molecule has 246 valence electrons. The summed E-state index contributed by atoms with van der Waals surface area (Å²) in [5, 5.41) is 13.3. The number of aryl methyl sites for hydroxylation is 1. The van der Waals surface area contributed by atoms with E-state index >= 15 is 0 Å². The average molecular weight is 703 g/mol. The van der Waals surface area contributed by atoms with Gasteiger partial charge in [-0.05, 0) is 11.1 Å². The molecule has 0 spiro atoms. The predicted octanol–water partition coefficient (Wildman–Crippen LogP) is 3.53. The van der Waals surface area contributed by atoms with Gasteiger partial charge in [0.15, 0.2) is 23.6 Å². The summed E-state index contributed by atoms with van der Waals surface area (Å²) >= 11 is 3.97. The molecule has 2 saturated heterocycles. The number of β-lactam (4-membered cyclic amide) rings is 1. The second-order valence-corrected chi connectivity index (χ2v) is 14.5. The number of thioether (sulfide) groups is 2. The molecule has 0 radical (unpaired) electrons. The second kappa shape index (κ2) is 14.2. The highest BCUT2D eigenvalue weighted by Crippen LogP contribution is 2.46. The number of carbonyl (C=O) groups excluding carboxylic acids is 3. The largest absolute Gasteiger partial charge is 0.478 e. The minimum absolute atomic E-state index is 0.0963. The van der Waals surface area contributed by atoms with E-state index in [1.54, 1.807) is 4.90 Å². The number of fused-ring (bicyclic) bond motifs is 1. The third-order valence-corrected chi connectivity index (χ3v) is 11.6. The molecule has 11 nitrogen and oxygen atoms in total. The number of esters is 1. The summed E-state index contributed by atoms with van der Waals surface area (Å²) in [4.78, 5) is 59.3. The Morgan fingerprint density at radius 2 is 1.77 bits per heavy atom. The SMILES string of the molecule is C[n+]1ccc(SCC2(C(=O)OC(c3ccccc3)c3ccccc3)CS[C@@H]3C(NC(=O)C(=CC(=O)O)c4csc(N)n4)C(=O)N3C2)cc1. The molecular formula is C34H32N5O6S3+. The molecule has 4 N–H and O–H groups in total. The number of carboxylic acid groups (broad SMARTS) is 1. The molecule has 0 aliphatic carbocycles. The van der Waals surface area contributed by atoms with Crippen molar-refractivity contribution in [3.8, 4) is 0 Å². The Labute approximate surface area is 289 Å². The zero-order valence-electron chi connectivity index (χ0n) is 25.7. The maximum atomic E-state index is 14.4. The molecule has 0 bridgehead atoms. The van der Waals surface area contributed by atoms with Crippen LogP contribution in [0.5, 0.6) is 0 Å². The Morgan fingerprint density at radius 1 is 1.12 bits per heavy atom. The first-order valence-corrected chi connectivity index (χ1v) is 17.8. The van der Waals surface area contributed by atoms with Gasteiger partial charge in [0.2, 0.25) is 5.91 Å². The molecule has 2 aromatic carbocycles. The van der Waals surface area contributed by atoms with Crippen LogP contribution in [0.1, 0.15) is 22.9 Å². The molecule has 2 aliphatic rings. The summed E-state index contributed by atoms with van der Waals surface area (Å²) in [5.41, 5.74) is 6.19. The van der Waals surface area contributed by atoms with E-state index in [2.05, 4.69) is 10.3 Å². The van der Waals surface area contributed by atoms with Crippen molar-refractivity contribution in [3.63, 3.8) is 0 Å². The van der Waals surface area contributed by atoms with Crippen LogP contribution < -0.4 is 15.6 Å². The van der Waals surface area contributed by atoms with Crippen LogP contribution in [0.25, 0.3) is 5.57 Å². The third-order valence-electron chi connectivity index (χ3n) is 8.07. The molecule has 2 unspecified atom stereocenters. The third kappa shape index (κ3) is 7.10. The zero-order chi connectivity index (χ0) is 33.8. The van der Waals surface area contributed by atoms with Crippen molar-refractivity contribution in [1.82, 2.24) is 15.2 Å². The molecule has 4 aromatic rings. The molecule has 4 heterocycles. The van der Waals surface area contributed by atoms with Gasteiger partial charge >= 0.3 is 11.9 Å². The first-order valence-electron chi connectivity index (χ1n) is 14.9. The number of nitrogens with zero attached hydrogens (tertiary/aromatic N) is 3. The van der Waals surface area contributed by atoms with Gasteiger partial charge < -0.3 is 25.8 Å². The Bertz CT molecular complexity index is 1810. The number of amides is 2. The van der Waals surface area contributed by atoms with Crippen molar-refractivity contribution in [1.29, 1.82) is 0 Å². The Morgan fingerprint density at radius 3 is 2.35 bits per heavy atom. The smallest absolute Gasteiger partial charge is 0.329 e. The summed E-state index contributed by atoms with van der Waals surface area (Å²) in [6, 6.07) is 22.1. The van der Waals surface area contributed by atoms with Gasteiger partial charge in [0.25, 0.3) is 5.91 Å². The van der Waals surface area contributed by atoms with E-state index in [0.717, 1.165) is 33.4 Å². The Hall–Kier alpha value is -4.66. The number of ether oxygens (including phenoxy) is 1. The molecule has 2 aliphatic heterocycles. The minimum Gasteiger partial charge on any atom is -0.478 e. The van der Waals surface area contributed by atoms with Crippen LogP contribution in [0, 0.1) is 5.41 Å². The van der Waals surface area contributed by atoms with E-state index in [-0.39, 0.29) is 28.9 Å². The van der Waals surface area contributed by atoms with Crippen molar-refractivity contribution in [2.75, 3.05) is 23.8 Å². The van der Waals surface area contributed by atoms with Crippen molar-refractivity contribution in [2.45, 2.75) is 22.4 Å². The molecule has 2 aromatic heterocycles. The molecule has 2 fully saturated rings. The summed E-state index contributed by atoms with van der Waals surface area (Å²) < 4.78 is 8.29. The van der Waals surface area contributed by atoms with E-state index in [4.69, 9.17) is 10.5 Å². The zero-order valence-corrected chi connectivity index (χ0v) is 28.2. The van der Waals surface area contributed by atoms with Crippen LogP contribution >= 0.6 is 34.9 Å². The molecule has 48 heavy (non-hydrogen) atoms. The fourth-order valence-corrected chi connectivity index (χ4v) is 8.83. The number of hydrogen-bond donors (Lipinski definition) is 3. The first-order chi connectivity index (χ1) is 23.1. The van der Waals surface area contributed by atoms with Gasteiger partial charge in [0, 0.05) is 46.5 Å². The highest BCUT2D eigenvalue weighted by atomic mass is 32.2. The average Bonchev–Trinajstić information content (AvgIpc) is 3.54. The number of nitrogens with one attached hydrogen (secondary N) is 1. The van der Waals surface area contributed by atoms with Gasteiger partial charge in [-0.3, -0.25) is 14.4 Å². The molecule has 2 amide bonds. The number of aliphatic carboxylic acids is 1. The van der Waals surface area contributed by atoms with Crippen molar-refractivity contribution in [3.05, 3.63) is 113 Å². The van der Waals surface area contributed by atoms with Crippen molar-refractivity contribution >= 4 is 69.3 Å². The summed E-state index contributed by atoms with van der Waals surface area (Å²) in [7, 11) is 1.93. The molecule has 14 heteroatoms. The van der Waals surface area contributed by atoms with Gasteiger partial charge in [0.1, 0.15) is 23.9 Å². The summed E-state index contributed by atoms with van der Waals surface area (Å²) in [6.07, 6.45) is 3.95. The molecule has 0 saturated carbocycles. The van der Waals surface area contributed by atoms with Gasteiger partial charge in [-0.15, -0.1) is 34.9 Å². The molecule has 6 rings (SSSR count). The van der Waals surface area contributed by atoms with Gasteiger partial charge in [-0.2, -0.15) is 0 Å². The highest BCUT2D eigenvalue weighted by molar-refractivity contribution is 8.00. The fraction of sp³-hybridized carbons (Fsp3) is 0.235. The maximum Gasteiger partial charge on any atom is 0.329 e. The van der Waals surface area contributed by atoms with Crippen LogP contribution in [0.4, 0.5) is 5.13 Å². The van der Waals surface area contributed by atoms with Crippen molar-refractivity contribution in [2.24, 2.45) is 12.5 Å². The van der Waals surface area contributed by atoms with Gasteiger partial charge in [-0.1, -0.05) is 60.7 Å². The van der Waals surface area contributed by atoms with E-state index in [1.807, 2.05) is 96.8 Å². The highest BCUT2D eigenvalue weighted by Gasteiger charge is 2.58. The topological polar surface area (TPSA) is 156 Å². The van der Waals surface area contributed by atoms with E-state index in [0.29, 0.717) is 11.5 Å². The number of nitrogen functional groups attached to an aromatic ring is 1. The second-order valence-electron chi connectivity index (χ2n) is 11.5. The number of benzene rings is 2. The number of thiazole rings is 1. The monoisotopic (exact) mass is 702 g/mol. The lowest BCUT2D eigenvalue weighted by Gasteiger charge is -2.54. The Balaban J connectivity index is 1.24. The number of nitrogens with two attached hydrogens (primary N) is 1. The first kappa shape index (κ1) is 33.2. The van der Waals surface area contributed by atoms with E-state index in [9.17, 15) is 24.3 Å². The Kier molecular flexibility index (Phi) is 9.85. The molecular weight excluding hydrogens is 671 g/mol. The van der Waals surface area contributed by atoms with Gasteiger partial charge in [0.05, 0.1) is 11.3 Å². The van der Waals surface area contributed by atoms with E-state index < -0.39 is 40.8 Å². The number of carbonyl (C=O) groups is 4. The van der Waals surface area contributed by atoms with Crippen molar-refractivity contribution < 1.29 is 33.6 Å². The van der Waals surface area contributed by atoms with Crippen LogP contribution in [0.2, 0.25) is 0 Å². The van der Waals surface area contributed by atoms with Gasteiger partial charge in [-0.25, -0.2) is 14.3 Å². The predicted molar refractivity (Wildman–Crippen MR) is 184 cm³/mol. The van der Waals surface area contributed by atoms with Crippen LogP contribution in [-0.2, 0) is 31.0 Å². The maximum absolute atomic E-state index is 14.4. The quantitative estimate of drug-likeness (QED) is 0.0695. The number of carboxylic acids is 1. The number of aromatic nitrogens is 2. The lowest BCUT2D eigenvalue weighted by molar-refractivity contribution is -0.671. The van der Waals surface area contributed by atoms with E-state index in [1.165, 1.54) is 28.9 Å².